The third-order valence-corrected chi connectivity index (χ3v) is 4.22. The third kappa shape index (κ3) is 6.24. The Labute approximate surface area is 157 Å². The molecule has 1 amide bonds. The Morgan fingerprint density at radius 2 is 2.00 bits per heavy atom. The second kappa shape index (κ2) is 8.92. The van der Waals surface area contributed by atoms with Gasteiger partial charge in [0.25, 0.3) is 0 Å². The summed E-state index contributed by atoms with van der Waals surface area (Å²) in [6.45, 7) is 6.75. The van der Waals surface area contributed by atoms with Gasteiger partial charge in [-0.3, -0.25) is 9.79 Å². The quantitative estimate of drug-likeness (QED) is 0.604. The van der Waals surface area contributed by atoms with E-state index in [0.717, 1.165) is 24.2 Å². The van der Waals surface area contributed by atoms with Crippen molar-refractivity contribution in [2.24, 2.45) is 4.99 Å². The van der Waals surface area contributed by atoms with E-state index in [1.807, 2.05) is 50.9 Å². The van der Waals surface area contributed by atoms with Crippen LogP contribution in [0.4, 0.5) is 0 Å². The molecular formula is C20H32N4O2. The number of hydrogen-bond donors (Lipinski definition) is 2. The topological polar surface area (TPSA) is 66.0 Å². The zero-order valence-corrected chi connectivity index (χ0v) is 16.6. The minimum Gasteiger partial charge on any atom is -0.490 e. The molecule has 0 saturated heterocycles. The normalized spacial score (nSPS) is 15.2. The van der Waals surface area contributed by atoms with Gasteiger partial charge in [0.15, 0.2) is 5.96 Å². The highest BCUT2D eigenvalue weighted by Gasteiger charge is 2.20. The van der Waals surface area contributed by atoms with E-state index in [9.17, 15) is 4.79 Å². The lowest BCUT2D eigenvalue weighted by molar-refractivity contribution is -0.122. The second-order valence-corrected chi connectivity index (χ2v) is 7.83. The average Bonchev–Trinajstić information content (AvgIpc) is 2.50. The molecule has 1 saturated carbocycles. The lowest BCUT2D eigenvalue weighted by Crippen LogP contribution is -2.48. The number of likely N-dealkylation sites (N-methyl/N-ethyl adjacent to an activating group) is 1. The summed E-state index contributed by atoms with van der Waals surface area (Å²) in [6, 6.07) is 8.07. The Hall–Kier alpha value is -2.24. The van der Waals surface area contributed by atoms with Gasteiger partial charge in [-0.2, -0.15) is 0 Å². The van der Waals surface area contributed by atoms with E-state index in [2.05, 4.69) is 21.7 Å². The largest absolute Gasteiger partial charge is 0.490 e. The van der Waals surface area contributed by atoms with Gasteiger partial charge in [-0.25, -0.2) is 0 Å². The second-order valence-electron chi connectivity index (χ2n) is 7.83. The first kappa shape index (κ1) is 20.1. The van der Waals surface area contributed by atoms with Gasteiger partial charge in [0.2, 0.25) is 5.91 Å². The summed E-state index contributed by atoms with van der Waals surface area (Å²) in [4.78, 5) is 18.2. The van der Waals surface area contributed by atoms with Crippen LogP contribution in [0.1, 0.15) is 45.6 Å². The zero-order valence-electron chi connectivity index (χ0n) is 16.6. The van der Waals surface area contributed by atoms with E-state index in [4.69, 9.17) is 4.74 Å². The van der Waals surface area contributed by atoms with Gasteiger partial charge < -0.3 is 20.3 Å². The van der Waals surface area contributed by atoms with Crippen LogP contribution < -0.4 is 15.4 Å². The summed E-state index contributed by atoms with van der Waals surface area (Å²) >= 11 is 0. The number of carbonyl (C=O) groups is 1. The highest BCUT2D eigenvalue weighted by molar-refractivity contribution is 5.86. The number of ether oxygens (including phenoxy) is 1. The van der Waals surface area contributed by atoms with Gasteiger partial charge in [0.1, 0.15) is 5.75 Å². The molecule has 1 aliphatic carbocycles. The number of nitrogens with one attached hydrogen (secondary N) is 2. The van der Waals surface area contributed by atoms with E-state index in [-0.39, 0.29) is 18.0 Å². The summed E-state index contributed by atoms with van der Waals surface area (Å²) in [5.74, 6) is 1.57. The van der Waals surface area contributed by atoms with E-state index in [1.165, 1.54) is 6.42 Å². The molecule has 1 fully saturated rings. The van der Waals surface area contributed by atoms with E-state index in [1.54, 1.807) is 7.05 Å². The molecule has 0 aliphatic heterocycles. The van der Waals surface area contributed by atoms with Crippen LogP contribution in [0.15, 0.2) is 29.3 Å². The lowest BCUT2D eigenvalue weighted by atomic mass is 9.96. The average molecular weight is 361 g/mol. The Morgan fingerprint density at radius 3 is 2.58 bits per heavy atom. The van der Waals surface area contributed by atoms with E-state index >= 15 is 0 Å². The van der Waals surface area contributed by atoms with Gasteiger partial charge in [-0.1, -0.05) is 18.2 Å². The zero-order chi connectivity index (χ0) is 19.2. The van der Waals surface area contributed by atoms with Crippen LogP contribution in [0, 0.1) is 0 Å². The molecule has 6 nitrogen and oxygen atoms in total. The summed E-state index contributed by atoms with van der Waals surface area (Å²) < 4.78 is 6.07. The van der Waals surface area contributed by atoms with Crippen molar-refractivity contribution in [2.45, 2.75) is 58.2 Å². The Kier molecular flexibility index (Phi) is 6.89. The Morgan fingerprint density at radius 1 is 1.31 bits per heavy atom. The minimum atomic E-state index is -0.243. The number of amides is 1. The summed E-state index contributed by atoms with van der Waals surface area (Å²) in [5.41, 5.74) is 0.847. The van der Waals surface area contributed by atoms with Crippen molar-refractivity contribution in [1.29, 1.82) is 0 Å². The Bertz CT molecular complexity index is 633. The van der Waals surface area contributed by atoms with Crippen molar-refractivity contribution in [1.82, 2.24) is 15.5 Å². The van der Waals surface area contributed by atoms with E-state index in [0.29, 0.717) is 18.6 Å². The maximum atomic E-state index is 12.1. The number of aliphatic imine (C=N–C) groups is 1. The van der Waals surface area contributed by atoms with Crippen LogP contribution in [-0.4, -0.2) is 49.0 Å². The number of guanidine groups is 1. The molecule has 2 rings (SSSR count). The minimum absolute atomic E-state index is 0.0309. The molecule has 0 bridgehead atoms. The van der Waals surface area contributed by atoms with Crippen molar-refractivity contribution in [2.75, 3.05) is 20.6 Å². The van der Waals surface area contributed by atoms with Gasteiger partial charge in [-0.15, -0.1) is 0 Å². The highest BCUT2D eigenvalue weighted by atomic mass is 16.5. The Balaban J connectivity index is 1.91. The first-order valence-electron chi connectivity index (χ1n) is 9.26. The maximum Gasteiger partial charge on any atom is 0.240 e. The van der Waals surface area contributed by atoms with Crippen molar-refractivity contribution < 1.29 is 9.53 Å². The number of para-hydroxylation sites is 1. The number of benzene rings is 1. The van der Waals surface area contributed by atoms with Crippen molar-refractivity contribution in [3.8, 4) is 5.75 Å². The number of hydrogen-bond acceptors (Lipinski definition) is 3. The fourth-order valence-electron chi connectivity index (χ4n) is 2.74. The summed E-state index contributed by atoms with van der Waals surface area (Å²) in [5, 5.41) is 6.28. The molecule has 0 atom stereocenters. The number of nitrogens with zero attached hydrogens (tertiary/aromatic N) is 2. The highest BCUT2D eigenvalue weighted by Crippen LogP contribution is 2.27. The molecule has 0 aromatic heterocycles. The first-order valence-corrected chi connectivity index (χ1v) is 9.26. The number of carbonyl (C=O) groups excluding carboxylic acids is 1. The predicted octanol–water partition coefficient (Wildman–Crippen LogP) is 2.54. The molecule has 1 aliphatic rings. The SMILES string of the molecule is CN=C(NCc1ccccc1OC1CCC1)N(C)CC(=O)NC(C)(C)C. The van der Waals surface area contributed by atoms with Crippen LogP contribution >= 0.6 is 0 Å². The monoisotopic (exact) mass is 360 g/mol. The van der Waals surface area contributed by atoms with Gasteiger partial charge >= 0.3 is 0 Å². The number of rotatable bonds is 6. The standard InChI is InChI=1S/C20H32N4O2/c1-20(2,3)23-18(25)14-24(5)19(21-4)22-13-15-9-6-7-12-17(15)26-16-10-8-11-16/h6-7,9,12,16H,8,10-11,13-14H2,1-5H3,(H,21,22)(H,23,25). The predicted molar refractivity (Wildman–Crippen MR) is 105 cm³/mol. The van der Waals surface area contributed by atoms with Crippen LogP contribution in [0.25, 0.3) is 0 Å². The third-order valence-electron chi connectivity index (χ3n) is 4.22. The fourth-order valence-corrected chi connectivity index (χ4v) is 2.74. The van der Waals surface area contributed by atoms with E-state index < -0.39 is 0 Å². The smallest absolute Gasteiger partial charge is 0.240 e. The first-order chi connectivity index (χ1) is 12.3. The molecule has 2 N–H and O–H groups in total. The maximum absolute atomic E-state index is 12.1. The summed E-state index contributed by atoms with van der Waals surface area (Å²) in [6.07, 6.45) is 3.86. The van der Waals surface area contributed by atoms with Crippen molar-refractivity contribution >= 4 is 11.9 Å². The molecule has 144 valence electrons. The summed E-state index contributed by atoms with van der Waals surface area (Å²) in [7, 11) is 3.58. The molecule has 26 heavy (non-hydrogen) atoms. The van der Waals surface area contributed by atoms with Crippen LogP contribution in [-0.2, 0) is 11.3 Å². The van der Waals surface area contributed by atoms with Crippen LogP contribution in [0.5, 0.6) is 5.75 Å². The van der Waals surface area contributed by atoms with Crippen LogP contribution in [0.3, 0.4) is 0 Å². The molecule has 1 aromatic carbocycles. The lowest BCUT2D eigenvalue weighted by Gasteiger charge is -2.28. The van der Waals surface area contributed by atoms with Crippen molar-refractivity contribution in [3.63, 3.8) is 0 Å². The van der Waals surface area contributed by atoms with Crippen LogP contribution in [0.2, 0.25) is 0 Å². The fraction of sp³-hybridized carbons (Fsp3) is 0.600. The molecule has 6 heteroatoms. The molecule has 0 heterocycles. The van der Waals surface area contributed by atoms with Gasteiger partial charge in [-0.05, 0) is 46.1 Å². The molecule has 0 unspecified atom stereocenters. The van der Waals surface area contributed by atoms with Crippen molar-refractivity contribution in [3.05, 3.63) is 29.8 Å². The molecule has 0 spiro atoms. The molecular weight excluding hydrogens is 328 g/mol. The molecule has 1 aromatic rings. The van der Waals surface area contributed by atoms with Gasteiger partial charge in [0, 0.05) is 31.7 Å². The van der Waals surface area contributed by atoms with Gasteiger partial charge in [0.05, 0.1) is 12.6 Å². The molecule has 0 radical (unpaired) electrons.